The molecule has 0 bridgehead atoms. The molecule has 98 valence electrons. The first-order chi connectivity index (χ1) is 8.69. The largest absolute Gasteiger partial charge is 0.343 e. The minimum atomic E-state index is 0.264. The van der Waals surface area contributed by atoms with Gasteiger partial charge in [0.2, 0.25) is 5.91 Å². The van der Waals surface area contributed by atoms with Gasteiger partial charge in [0.25, 0.3) is 0 Å². The summed E-state index contributed by atoms with van der Waals surface area (Å²) in [4.78, 5) is 14.2. The van der Waals surface area contributed by atoms with Crippen molar-refractivity contribution in [3.63, 3.8) is 0 Å². The Morgan fingerprint density at radius 1 is 1.28 bits per heavy atom. The van der Waals surface area contributed by atoms with E-state index in [-0.39, 0.29) is 5.92 Å². The topological polar surface area (TPSA) is 20.3 Å². The third-order valence-corrected chi connectivity index (χ3v) is 4.20. The number of rotatable bonds is 5. The molecule has 1 aliphatic rings. The van der Waals surface area contributed by atoms with Crippen LogP contribution in [-0.4, -0.2) is 23.9 Å². The van der Waals surface area contributed by atoms with Gasteiger partial charge in [0.05, 0.1) is 0 Å². The summed E-state index contributed by atoms with van der Waals surface area (Å²) in [6, 6.07) is 10.5. The molecule has 1 aromatic rings. The Hall–Kier alpha value is -1.31. The zero-order chi connectivity index (χ0) is 13.1. The fourth-order valence-electron chi connectivity index (χ4n) is 2.82. The Bertz CT molecular complexity index is 397. The molecule has 1 saturated carbocycles. The molecule has 1 fully saturated rings. The van der Waals surface area contributed by atoms with Crippen molar-refractivity contribution in [2.24, 2.45) is 11.8 Å². The standard InChI is InChI=1S/C16H23NO/c1-4-17(5-2)16(18)15-11-14(15)12(3)13-9-7-6-8-10-13/h6-10,12,14-15H,4-5,11H2,1-3H3/t12?,14-,15+/m0/s1. The van der Waals surface area contributed by atoms with Crippen LogP contribution in [0.1, 0.15) is 38.7 Å². The highest BCUT2D eigenvalue weighted by Crippen LogP contribution is 2.49. The summed E-state index contributed by atoms with van der Waals surface area (Å²) in [5.41, 5.74) is 1.36. The molecule has 2 heteroatoms. The molecule has 2 rings (SSSR count). The van der Waals surface area contributed by atoms with Gasteiger partial charge in [-0.1, -0.05) is 37.3 Å². The van der Waals surface area contributed by atoms with Gasteiger partial charge in [-0.15, -0.1) is 0 Å². The van der Waals surface area contributed by atoms with Crippen LogP contribution < -0.4 is 0 Å². The van der Waals surface area contributed by atoms with Crippen LogP contribution >= 0.6 is 0 Å². The number of hydrogen-bond donors (Lipinski definition) is 0. The maximum absolute atomic E-state index is 12.2. The van der Waals surface area contributed by atoms with Crippen molar-refractivity contribution in [2.75, 3.05) is 13.1 Å². The van der Waals surface area contributed by atoms with E-state index in [0.29, 0.717) is 17.7 Å². The van der Waals surface area contributed by atoms with Gasteiger partial charge in [-0.25, -0.2) is 0 Å². The van der Waals surface area contributed by atoms with Crippen molar-refractivity contribution in [3.05, 3.63) is 35.9 Å². The van der Waals surface area contributed by atoms with E-state index in [0.717, 1.165) is 19.5 Å². The number of carbonyl (C=O) groups is 1. The third kappa shape index (κ3) is 2.58. The Balaban J connectivity index is 1.97. The summed E-state index contributed by atoms with van der Waals surface area (Å²) in [5, 5.41) is 0. The predicted molar refractivity (Wildman–Crippen MR) is 74.4 cm³/mol. The lowest BCUT2D eigenvalue weighted by Gasteiger charge is -2.19. The molecule has 2 nitrogen and oxygen atoms in total. The van der Waals surface area contributed by atoms with Crippen molar-refractivity contribution in [1.29, 1.82) is 0 Å². The zero-order valence-electron chi connectivity index (χ0n) is 11.6. The first-order valence-corrected chi connectivity index (χ1v) is 7.02. The van der Waals surface area contributed by atoms with Gasteiger partial charge in [0, 0.05) is 19.0 Å². The first kappa shape index (κ1) is 13.1. The minimum Gasteiger partial charge on any atom is -0.343 e. The quantitative estimate of drug-likeness (QED) is 0.779. The van der Waals surface area contributed by atoms with Crippen molar-refractivity contribution in [3.8, 4) is 0 Å². The van der Waals surface area contributed by atoms with E-state index < -0.39 is 0 Å². The number of carbonyl (C=O) groups excluding carboxylic acids is 1. The summed E-state index contributed by atoms with van der Waals surface area (Å²) in [6.45, 7) is 8.02. The molecule has 1 aliphatic carbocycles. The van der Waals surface area contributed by atoms with Gasteiger partial charge >= 0.3 is 0 Å². The van der Waals surface area contributed by atoms with E-state index in [1.54, 1.807) is 0 Å². The van der Waals surface area contributed by atoms with Crippen molar-refractivity contribution in [1.82, 2.24) is 4.90 Å². The fraction of sp³-hybridized carbons (Fsp3) is 0.562. The number of nitrogens with zero attached hydrogens (tertiary/aromatic N) is 1. The van der Waals surface area contributed by atoms with Gasteiger partial charge in [-0.05, 0) is 37.7 Å². The number of hydrogen-bond acceptors (Lipinski definition) is 1. The average Bonchev–Trinajstić information content (AvgIpc) is 3.20. The van der Waals surface area contributed by atoms with Crippen molar-refractivity contribution in [2.45, 2.75) is 33.1 Å². The molecule has 0 aromatic heterocycles. The Morgan fingerprint density at radius 2 is 1.89 bits per heavy atom. The SMILES string of the molecule is CCN(CC)C(=O)[C@@H]1C[C@H]1C(C)c1ccccc1. The molecule has 0 radical (unpaired) electrons. The van der Waals surface area contributed by atoms with Crippen molar-refractivity contribution < 1.29 is 4.79 Å². The molecule has 3 atom stereocenters. The second kappa shape index (κ2) is 5.55. The van der Waals surface area contributed by atoms with E-state index in [9.17, 15) is 4.79 Å². The van der Waals surface area contributed by atoms with E-state index in [1.807, 2.05) is 11.0 Å². The monoisotopic (exact) mass is 245 g/mol. The maximum atomic E-state index is 12.2. The van der Waals surface area contributed by atoms with Gasteiger partial charge < -0.3 is 4.90 Å². The predicted octanol–water partition coefficient (Wildman–Crippen LogP) is 3.29. The Kier molecular flexibility index (Phi) is 4.05. The summed E-state index contributed by atoms with van der Waals surface area (Å²) in [6.07, 6.45) is 1.06. The highest BCUT2D eigenvalue weighted by Gasteiger charge is 2.47. The highest BCUT2D eigenvalue weighted by atomic mass is 16.2. The van der Waals surface area contributed by atoms with Gasteiger partial charge in [-0.2, -0.15) is 0 Å². The minimum absolute atomic E-state index is 0.264. The second-order valence-electron chi connectivity index (χ2n) is 5.22. The smallest absolute Gasteiger partial charge is 0.225 e. The molecular weight excluding hydrogens is 222 g/mol. The molecule has 0 saturated heterocycles. The van der Waals surface area contributed by atoms with Crippen LogP contribution in [0.15, 0.2) is 30.3 Å². The van der Waals surface area contributed by atoms with Crippen LogP contribution in [0.4, 0.5) is 0 Å². The summed E-state index contributed by atoms with van der Waals surface area (Å²) >= 11 is 0. The molecule has 1 amide bonds. The molecule has 1 aromatic carbocycles. The van der Waals surface area contributed by atoms with Gasteiger partial charge in [0.1, 0.15) is 0 Å². The lowest BCUT2D eigenvalue weighted by atomic mass is 9.95. The van der Waals surface area contributed by atoms with Gasteiger partial charge in [-0.3, -0.25) is 4.79 Å². The molecule has 0 heterocycles. The third-order valence-electron chi connectivity index (χ3n) is 4.20. The van der Waals surface area contributed by atoms with Crippen LogP contribution in [0.25, 0.3) is 0 Å². The van der Waals surface area contributed by atoms with Crippen LogP contribution in [0.3, 0.4) is 0 Å². The molecular formula is C16H23NO. The number of benzene rings is 1. The number of amides is 1. The second-order valence-corrected chi connectivity index (χ2v) is 5.22. The average molecular weight is 245 g/mol. The fourth-order valence-corrected chi connectivity index (χ4v) is 2.82. The van der Waals surface area contributed by atoms with E-state index in [1.165, 1.54) is 5.56 Å². The maximum Gasteiger partial charge on any atom is 0.225 e. The van der Waals surface area contributed by atoms with Crippen LogP contribution in [0.2, 0.25) is 0 Å². The molecule has 0 N–H and O–H groups in total. The van der Waals surface area contributed by atoms with E-state index in [4.69, 9.17) is 0 Å². The normalized spacial score (nSPS) is 23.5. The molecule has 0 spiro atoms. The lowest BCUT2D eigenvalue weighted by Crippen LogP contribution is -2.32. The van der Waals surface area contributed by atoms with E-state index >= 15 is 0 Å². The van der Waals surface area contributed by atoms with Crippen molar-refractivity contribution >= 4 is 5.91 Å². The molecule has 0 aliphatic heterocycles. The first-order valence-electron chi connectivity index (χ1n) is 7.02. The van der Waals surface area contributed by atoms with Crippen LogP contribution in [0.5, 0.6) is 0 Å². The summed E-state index contributed by atoms with van der Waals surface area (Å²) in [7, 11) is 0. The molecule has 18 heavy (non-hydrogen) atoms. The van der Waals surface area contributed by atoms with Crippen LogP contribution in [-0.2, 0) is 4.79 Å². The zero-order valence-corrected chi connectivity index (χ0v) is 11.6. The molecule has 1 unspecified atom stereocenters. The summed E-state index contributed by atoms with van der Waals surface area (Å²) < 4.78 is 0. The van der Waals surface area contributed by atoms with Crippen LogP contribution in [0, 0.1) is 11.8 Å². The van der Waals surface area contributed by atoms with Gasteiger partial charge in [0.15, 0.2) is 0 Å². The summed E-state index contributed by atoms with van der Waals surface area (Å²) in [5.74, 6) is 1.66. The highest BCUT2D eigenvalue weighted by molar-refractivity contribution is 5.81. The Labute approximate surface area is 110 Å². The van der Waals surface area contributed by atoms with E-state index in [2.05, 4.69) is 45.0 Å². The Morgan fingerprint density at radius 3 is 2.44 bits per heavy atom. The lowest BCUT2D eigenvalue weighted by molar-refractivity contribution is -0.132.